The molecule has 4 rings (SSSR count). The second-order valence-electron chi connectivity index (χ2n) is 8.58. The summed E-state index contributed by atoms with van der Waals surface area (Å²) < 4.78 is 87.9. The molecule has 1 N–H and O–H groups in total. The van der Waals surface area contributed by atoms with Gasteiger partial charge in [0.15, 0.2) is 5.82 Å². The van der Waals surface area contributed by atoms with Crippen LogP contribution in [-0.4, -0.2) is 34.1 Å². The largest absolute Gasteiger partial charge is 0.439 e. The van der Waals surface area contributed by atoms with Crippen LogP contribution in [0.2, 0.25) is 5.02 Å². The number of rotatable bonds is 6. The highest BCUT2D eigenvalue weighted by atomic mass is 35.5. The zero-order chi connectivity index (χ0) is 26.3. The van der Waals surface area contributed by atoms with Gasteiger partial charge < -0.3 is 4.74 Å². The smallest absolute Gasteiger partial charge is 0.358 e. The van der Waals surface area contributed by atoms with E-state index in [2.05, 4.69) is 19.6 Å². The van der Waals surface area contributed by atoms with Crippen LogP contribution in [0.25, 0.3) is 11.4 Å². The fourth-order valence-corrected chi connectivity index (χ4v) is 5.84. The van der Waals surface area contributed by atoms with Crippen LogP contribution >= 0.6 is 22.9 Å². The molecule has 0 spiro atoms. The van der Waals surface area contributed by atoms with E-state index < -0.39 is 36.7 Å². The first-order chi connectivity index (χ1) is 16.8. The van der Waals surface area contributed by atoms with Crippen LogP contribution in [0.5, 0.6) is 0 Å². The molecule has 6 nitrogen and oxygen atoms in total. The van der Waals surface area contributed by atoms with Crippen LogP contribution in [0, 0.1) is 12.8 Å². The Bertz CT molecular complexity index is 1260. The Morgan fingerprint density at radius 2 is 1.89 bits per heavy atom. The molecule has 36 heavy (non-hydrogen) atoms. The van der Waals surface area contributed by atoms with Crippen molar-refractivity contribution in [2.75, 3.05) is 6.61 Å². The lowest BCUT2D eigenvalue weighted by Crippen LogP contribution is -2.27. The molecular formula is C22H20ClF6N3O3S. The SMILES string of the molecule is Cc1nc(C2CCC(C(F)(F)F)CC2)sc1C(OCC(F)(F)F)c1ccc(-c2noc(=O)[nH]2)c(Cl)c1. The van der Waals surface area contributed by atoms with Crippen molar-refractivity contribution in [3.05, 3.63) is 54.9 Å². The third-order valence-electron chi connectivity index (χ3n) is 6.03. The summed E-state index contributed by atoms with van der Waals surface area (Å²) in [6.07, 6.45) is -9.46. The van der Waals surface area contributed by atoms with E-state index in [0.717, 1.165) is 11.3 Å². The van der Waals surface area contributed by atoms with E-state index in [1.54, 1.807) is 6.92 Å². The van der Waals surface area contributed by atoms with Crippen molar-refractivity contribution in [3.8, 4) is 11.4 Å². The Hall–Kier alpha value is -2.38. The predicted octanol–water partition coefficient (Wildman–Crippen LogP) is 6.95. The van der Waals surface area contributed by atoms with E-state index >= 15 is 0 Å². The van der Waals surface area contributed by atoms with Crippen molar-refractivity contribution in [2.24, 2.45) is 5.92 Å². The number of nitrogens with one attached hydrogen (secondary N) is 1. The van der Waals surface area contributed by atoms with Gasteiger partial charge in [0.25, 0.3) is 0 Å². The Morgan fingerprint density at radius 1 is 1.19 bits per heavy atom. The van der Waals surface area contributed by atoms with Crippen molar-refractivity contribution in [1.82, 2.24) is 15.1 Å². The average Bonchev–Trinajstić information content (AvgIpc) is 3.38. The fraction of sp³-hybridized carbons (Fsp3) is 0.500. The third kappa shape index (κ3) is 6.12. The van der Waals surface area contributed by atoms with Gasteiger partial charge in [0.05, 0.1) is 26.5 Å². The number of nitrogens with zero attached hydrogens (tertiary/aromatic N) is 2. The average molecular weight is 556 g/mol. The number of alkyl halides is 6. The van der Waals surface area contributed by atoms with Crippen molar-refractivity contribution < 1.29 is 35.6 Å². The number of thiazole rings is 1. The second kappa shape index (κ2) is 10.2. The van der Waals surface area contributed by atoms with Gasteiger partial charge in [-0.1, -0.05) is 22.8 Å². The first kappa shape index (κ1) is 26.7. The van der Waals surface area contributed by atoms with Gasteiger partial charge in [0.2, 0.25) is 0 Å². The molecule has 1 unspecified atom stereocenters. The summed E-state index contributed by atoms with van der Waals surface area (Å²) in [4.78, 5) is 18.5. The molecule has 0 aliphatic heterocycles. The number of H-pyrrole nitrogens is 1. The summed E-state index contributed by atoms with van der Waals surface area (Å²) in [6, 6.07) is 4.35. The standard InChI is InChI=1S/C22H20ClF6N3O3S/c1-10-17(36-19(30-10)11-2-5-13(6-3-11)22(27,28)29)16(34-9-21(24,25)26)12-4-7-14(15(23)8-12)18-31-20(33)35-32-18/h4,7-8,11,13,16H,2-3,5-6,9H2,1H3,(H,31,32,33). The van der Waals surface area contributed by atoms with Gasteiger partial charge in [-0.05, 0) is 50.3 Å². The van der Waals surface area contributed by atoms with Crippen molar-refractivity contribution in [2.45, 2.75) is 57.0 Å². The van der Waals surface area contributed by atoms with E-state index in [4.69, 9.17) is 16.3 Å². The number of aromatic amines is 1. The number of benzene rings is 1. The lowest BCUT2D eigenvalue weighted by Gasteiger charge is -2.28. The second-order valence-corrected chi connectivity index (χ2v) is 10.1. The molecule has 3 aromatic rings. The van der Waals surface area contributed by atoms with Crippen LogP contribution in [0.15, 0.2) is 27.5 Å². The maximum absolute atomic E-state index is 13.0. The van der Waals surface area contributed by atoms with Gasteiger partial charge in [-0.25, -0.2) is 9.78 Å². The number of ether oxygens (including phenoxy) is 1. The molecule has 0 radical (unpaired) electrons. The van der Waals surface area contributed by atoms with E-state index in [0.29, 0.717) is 39.5 Å². The van der Waals surface area contributed by atoms with Crippen LogP contribution in [0.1, 0.15) is 58.8 Å². The Balaban J connectivity index is 1.63. The number of hydrogen-bond acceptors (Lipinski definition) is 6. The summed E-state index contributed by atoms with van der Waals surface area (Å²) in [5, 5.41) is 4.22. The van der Waals surface area contributed by atoms with E-state index in [-0.39, 0.29) is 29.6 Å². The highest BCUT2D eigenvalue weighted by molar-refractivity contribution is 7.12. The summed E-state index contributed by atoms with van der Waals surface area (Å²) in [5.41, 5.74) is 1.03. The molecule has 1 aromatic carbocycles. The molecule has 14 heteroatoms. The monoisotopic (exact) mass is 555 g/mol. The molecule has 1 fully saturated rings. The van der Waals surface area contributed by atoms with Crippen LogP contribution < -0.4 is 5.76 Å². The molecular weight excluding hydrogens is 536 g/mol. The van der Waals surface area contributed by atoms with Gasteiger partial charge in [0.1, 0.15) is 12.7 Å². The lowest BCUT2D eigenvalue weighted by atomic mass is 9.82. The minimum atomic E-state index is -4.60. The summed E-state index contributed by atoms with van der Waals surface area (Å²) in [7, 11) is 0. The molecule has 2 aromatic heterocycles. The molecule has 2 heterocycles. The molecule has 1 atom stereocenters. The first-order valence-electron chi connectivity index (χ1n) is 10.9. The molecule has 0 saturated heterocycles. The van der Waals surface area contributed by atoms with E-state index in [1.807, 2.05) is 0 Å². The molecule has 0 bridgehead atoms. The number of hydrogen-bond donors (Lipinski definition) is 1. The molecule has 1 saturated carbocycles. The normalized spacial score (nSPS) is 20.0. The highest BCUT2D eigenvalue weighted by Gasteiger charge is 2.42. The van der Waals surface area contributed by atoms with Crippen LogP contribution in [0.3, 0.4) is 0 Å². The van der Waals surface area contributed by atoms with Crippen LogP contribution in [0.4, 0.5) is 26.3 Å². The molecule has 1 aliphatic carbocycles. The minimum Gasteiger partial charge on any atom is -0.358 e. The Labute approximate surface area is 209 Å². The van der Waals surface area contributed by atoms with Gasteiger partial charge in [-0.2, -0.15) is 26.3 Å². The zero-order valence-electron chi connectivity index (χ0n) is 18.7. The van der Waals surface area contributed by atoms with E-state index in [1.165, 1.54) is 18.2 Å². The summed E-state index contributed by atoms with van der Waals surface area (Å²) >= 11 is 7.46. The predicted molar refractivity (Wildman–Crippen MR) is 119 cm³/mol. The van der Waals surface area contributed by atoms with Gasteiger partial charge in [-0.15, -0.1) is 11.3 Å². The van der Waals surface area contributed by atoms with Crippen LogP contribution in [-0.2, 0) is 4.74 Å². The zero-order valence-corrected chi connectivity index (χ0v) is 20.2. The quantitative estimate of drug-likeness (QED) is 0.333. The Kier molecular flexibility index (Phi) is 7.54. The number of aromatic nitrogens is 3. The molecule has 0 amide bonds. The number of halogens is 7. The van der Waals surface area contributed by atoms with Crippen molar-refractivity contribution in [3.63, 3.8) is 0 Å². The third-order valence-corrected chi connectivity index (χ3v) is 7.71. The maximum atomic E-state index is 13.0. The van der Waals surface area contributed by atoms with E-state index in [9.17, 15) is 31.1 Å². The molecule has 196 valence electrons. The Morgan fingerprint density at radius 3 is 2.44 bits per heavy atom. The minimum absolute atomic E-state index is 0.0165. The summed E-state index contributed by atoms with van der Waals surface area (Å²) in [5.74, 6) is -2.31. The maximum Gasteiger partial charge on any atom is 0.439 e. The van der Waals surface area contributed by atoms with Gasteiger partial charge in [0, 0.05) is 11.5 Å². The lowest BCUT2D eigenvalue weighted by molar-refractivity contribution is -0.182. The fourth-order valence-electron chi connectivity index (χ4n) is 4.25. The van der Waals surface area contributed by atoms with Crippen molar-refractivity contribution >= 4 is 22.9 Å². The van der Waals surface area contributed by atoms with Gasteiger partial charge in [-0.3, -0.25) is 9.51 Å². The van der Waals surface area contributed by atoms with Gasteiger partial charge >= 0.3 is 18.1 Å². The highest BCUT2D eigenvalue weighted by Crippen LogP contribution is 2.45. The summed E-state index contributed by atoms with van der Waals surface area (Å²) in [6.45, 7) is 0.0910. The number of aryl methyl sites for hydroxylation is 1. The van der Waals surface area contributed by atoms with Crippen molar-refractivity contribution in [1.29, 1.82) is 0 Å². The topological polar surface area (TPSA) is 81.0 Å². The molecule has 1 aliphatic rings. The first-order valence-corrected chi connectivity index (χ1v) is 12.1.